The van der Waals surface area contributed by atoms with E-state index in [0.717, 1.165) is 5.56 Å². The van der Waals surface area contributed by atoms with Crippen LogP contribution in [0, 0.1) is 5.82 Å². The van der Waals surface area contributed by atoms with Crippen molar-refractivity contribution >= 4 is 17.4 Å². The smallest absolute Gasteiger partial charge is 0.141 e. The van der Waals surface area contributed by atoms with Crippen LogP contribution in [0.4, 0.5) is 4.39 Å². The molecule has 0 saturated heterocycles. The number of carbonyl (C=O) groups excluding carboxylic acids is 1. The first-order valence-corrected chi connectivity index (χ1v) is 5.87. The molecule has 0 spiro atoms. The van der Waals surface area contributed by atoms with Gasteiger partial charge >= 0.3 is 0 Å². The number of aromatic nitrogens is 1. The van der Waals surface area contributed by atoms with Gasteiger partial charge in [0.15, 0.2) is 0 Å². The Hall–Kier alpha value is -1.74. The Bertz CT molecular complexity index is 557. The van der Waals surface area contributed by atoms with Gasteiger partial charge in [-0.05, 0) is 29.3 Å². The molecule has 0 amide bonds. The standard InChI is InChI=1S/C14H11ClFNO/c15-14-8-12(16)4-3-11(14)7-13(18)6-10-2-1-5-17-9-10/h1-5,8-9H,6-7H2. The second-order valence-corrected chi connectivity index (χ2v) is 4.40. The van der Waals surface area contributed by atoms with Crippen molar-refractivity contribution in [1.29, 1.82) is 0 Å². The number of nitrogens with zero attached hydrogens (tertiary/aromatic N) is 1. The van der Waals surface area contributed by atoms with Crippen molar-refractivity contribution in [2.75, 3.05) is 0 Å². The summed E-state index contributed by atoms with van der Waals surface area (Å²) in [5, 5.41) is 0.287. The van der Waals surface area contributed by atoms with Crippen LogP contribution in [-0.4, -0.2) is 10.8 Å². The molecule has 0 aliphatic heterocycles. The van der Waals surface area contributed by atoms with Crippen LogP contribution in [0.5, 0.6) is 0 Å². The summed E-state index contributed by atoms with van der Waals surface area (Å²) in [7, 11) is 0. The molecule has 2 nitrogen and oxygen atoms in total. The fourth-order valence-electron chi connectivity index (χ4n) is 1.67. The predicted molar refractivity (Wildman–Crippen MR) is 68.1 cm³/mol. The van der Waals surface area contributed by atoms with Crippen LogP contribution in [0.25, 0.3) is 0 Å². The molecule has 2 aromatic rings. The van der Waals surface area contributed by atoms with E-state index in [9.17, 15) is 9.18 Å². The lowest BCUT2D eigenvalue weighted by molar-refractivity contribution is -0.117. The lowest BCUT2D eigenvalue weighted by Crippen LogP contribution is -2.07. The highest BCUT2D eigenvalue weighted by Crippen LogP contribution is 2.18. The van der Waals surface area contributed by atoms with Gasteiger partial charge in [-0.2, -0.15) is 0 Å². The number of hydrogen-bond donors (Lipinski definition) is 0. The number of benzene rings is 1. The molecule has 0 radical (unpaired) electrons. The van der Waals surface area contributed by atoms with E-state index in [2.05, 4.69) is 4.98 Å². The highest BCUT2D eigenvalue weighted by atomic mass is 35.5. The third-order valence-corrected chi connectivity index (χ3v) is 2.88. The van der Waals surface area contributed by atoms with Gasteiger partial charge in [-0.25, -0.2) is 4.39 Å². The molecule has 0 aliphatic rings. The van der Waals surface area contributed by atoms with E-state index in [-0.39, 0.29) is 17.2 Å². The van der Waals surface area contributed by atoms with Gasteiger partial charge in [-0.3, -0.25) is 9.78 Å². The van der Waals surface area contributed by atoms with E-state index < -0.39 is 5.82 Å². The van der Waals surface area contributed by atoms with Crippen LogP contribution < -0.4 is 0 Å². The molecule has 0 fully saturated rings. The van der Waals surface area contributed by atoms with E-state index in [1.165, 1.54) is 12.1 Å². The van der Waals surface area contributed by atoms with Crippen LogP contribution in [0.3, 0.4) is 0 Å². The van der Waals surface area contributed by atoms with Gasteiger partial charge in [0.2, 0.25) is 0 Å². The zero-order chi connectivity index (χ0) is 13.0. The Morgan fingerprint density at radius 3 is 2.78 bits per heavy atom. The number of rotatable bonds is 4. The first-order chi connectivity index (χ1) is 8.65. The SMILES string of the molecule is O=C(Cc1cccnc1)Cc1ccc(F)cc1Cl. The van der Waals surface area contributed by atoms with Crippen molar-refractivity contribution in [2.24, 2.45) is 0 Å². The number of hydrogen-bond acceptors (Lipinski definition) is 2. The molecule has 4 heteroatoms. The van der Waals surface area contributed by atoms with Crippen LogP contribution in [0.1, 0.15) is 11.1 Å². The van der Waals surface area contributed by atoms with Gasteiger partial charge in [-0.15, -0.1) is 0 Å². The summed E-state index contributed by atoms with van der Waals surface area (Å²) in [5.74, 6) is -0.375. The number of Topliss-reactive ketones (excluding diaryl/α,β-unsaturated/α-hetero) is 1. The molecule has 0 bridgehead atoms. The summed E-state index contributed by atoms with van der Waals surface area (Å²) >= 11 is 5.87. The molecule has 18 heavy (non-hydrogen) atoms. The second kappa shape index (κ2) is 5.74. The Labute approximate surface area is 109 Å². The first-order valence-electron chi connectivity index (χ1n) is 5.49. The second-order valence-electron chi connectivity index (χ2n) is 3.99. The Balaban J connectivity index is 2.03. The molecule has 1 aromatic heterocycles. The van der Waals surface area contributed by atoms with Crippen molar-refractivity contribution < 1.29 is 9.18 Å². The van der Waals surface area contributed by atoms with Gasteiger partial charge in [0, 0.05) is 30.3 Å². The van der Waals surface area contributed by atoms with Gasteiger partial charge < -0.3 is 0 Å². The molecule has 1 aromatic carbocycles. The van der Waals surface area contributed by atoms with Crippen LogP contribution in [0.15, 0.2) is 42.7 Å². The Kier molecular flexibility index (Phi) is 4.05. The number of carbonyl (C=O) groups is 1. The maximum atomic E-state index is 12.9. The van der Waals surface area contributed by atoms with E-state index in [4.69, 9.17) is 11.6 Å². The monoisotopic (exact) mass is 263 g/mol. The molecule has 0 aliphatic carbocycles. The quantitative estimate of drug-likeness (QED) is 0.848. The zero-order valence-corrected chi connectivity index (χ0v) is 10.3. The largest absolute Gasteiger partial charge is 0.299 e. The third-order valence-electron chi connectivity index (χ3n) is 2.53. The average Bonchev–Trinajstić information content (AvgIpc) is 2.34. The molecule has 1 heterocycles. The van der Waals surface area contributed by atoms with Crippen molar-refractivity contribution in [2.45, 2.75) is 12.8 Å². The fourth-order valence-corrected chi connectivity index (χ4v) is 1.90. The van der Waals surface area contributed by atoms with Crippen LogP contribution in [0.2, 0.25) is 5.02 Å². The van der Waals surface area contributed by atoms with Gasteiger partial charge in [0.25, 0.3) is 0 Å². The predicted octanol–water partition coefficient (Wildman–Crippen LogP) is 3.23. The molecular formula is C14H11ClFNO. The van der Waals surface area contributed by atoms with Crippen molar-refractivity contribution in [1.82, 2.24) is 4.98 Å². The number of ketones is 1. The summed E-state index contributed by atoms with van der Waals surface area (Å²) in [6, 6.07) is 7.69. The Morgan fingerprint density at radius 2 is 2.11 bits per heavy atom. The maximum absolute atomic E-state index is 12.9. The van der Waals surface area contributed by atoms with Crippen LogP contribution in [-0.2, 0) is 17.6 Å². The van der Waals surface area contributed by atoms with E-state index in [0.29, 0.717) is 12.0 Å². The topological polar surface area (TPSA) is 30.0 Å². The van der Waals surface area contributed by atoms with E-state index >= 15 is 0 Å². The minimum Gasteiger partial charge on any atom is -0.299 e. The number of halogens is 2. The molecule has 92 valence electrons. The van der Waals surface area contributed by atoms with Crippen molar-refractivity contribution in [3.63, 3.8) is 0 Å². The van der Waals surface area contributed by atoms with E-state index in [1.54, 1.807) is 24.5 Å². The highest BCUT2D eigenvalue weighted by Gasteiger charge is 2.09. The van der Waals surface area contributed by atoms with Gasteiger partial charge in [0.05, 0.1) is 0 Å². The highest BCUT2D eigenvalue weighted by molar-refractivity contribution is 6.31. The normalized spacial score (nSPS) is 10.3. The lowest BCUT2D eigenvalue weighted by atomic mass is 10.0. The molecule has 0 atom stereocenters. The minimum absolute atomic E-state index is 0.0245. The summed E-state index contributed by atoms with van der Waals surface area (Å²) in [4.78, 5) is 15.8. The summed E-state index contributed by atoms with van der Waals surface area (Å²) in [6.45, 7) is 0. The van der Waals surface area contributed by atoms with Crippen LogP contribution >= 0.6 is 11.6 Å². The summed E-state index contributed by atoms with van der Waals surface area (Å²) < 4.78 is 12.9. The summed E-state index contributed by atoms with van der Waals surface area (Å²) in [5.41, 5.74) is 1.51. The minimum atomic E-state index is -0.400. The van der Waals surface area contributed by atoms with Crippen molar-refractivity contribution in [3.05, 3.63) is 64.7 Å². The number of pyridine rings is 1. The average molecular weight is 264 g/mol. The van der Waals surface area contributed by atoms with E-state index in [1.807, 2.05) is 6.07 Å². The lowest BCUT2D eigenvalue weighted by Gasteiger charge is -2.04. The molecule has 0 saturated carbocycles. The van der Waals surface area contributed by atoms with Crippen molar-refractivity contribution in [3.8, 4) is 0 Å². The molecule has 2 rings (SSSR count). The van der Waals surface area contributed by atoms with Gasteiger partial charge in [0.1, 0.15) is 11.6 Å². The molecular weight excluding hydrogens is 253 g/mol. The molecule has 0 N–H and O–H groups in total. The third kappa shape index (κ3) is 3.37. The zero-order valence-electron chi connectivity index (χ0n) is 9.57. The first kappa shape index (κ1) is 12.7. The van der Waals surface area contributed by atoms with Gasteiger partial charge in [-0.1, -0.05) is 23.7 Å². The molecule has 0 unspecified atom stereocenters. The fraction of sp³-hybridized carbons (Fsp3) is 0.143. The Morgan fingerprint density at radius 1 is 1.28 bits per heavy atom. The summed E-state index contributed by atoms with van der Waals surface area (Å²) in [6.07, 6.45) is 3.82. The maximum Gasteiger partial charge on any atom is 0.141 e.